The second kappa shape index (κ2) is 7.85. The van der Waals surface area contributed by atoms with Crippen LogP contribution in [-0.2, 0) is 28.7 Å². The lowest BCUT2D eigenvalue weighted by atomic mass is 9.52. The van der Waals surface area contributed by atoms with E-state index >= 15 is 0 Å². The first-order chi connectivity index (χ1) is 17.4. The molecule has 0 bridgehead atoms. The van der Waals surface area contributed by atoms with Gasteiger partial charge in [-0.15, -0.1) is 0 Å². The van der Waals surface area contributed by atoms with Gasteiger partial charge in [0.15, 0.2) is 11.6 Å². The van der Waals surface area contributed by atoms with Crippen LogP contribution in [0, 0.1) is 40.4 Å². The third-order valence-electron chi connectivity index (χ3n) is 10.7. The minimum Gasteiger partial charge on any atom is -0.458 e. The van der Waals surface area contributed by atoms with Gasteiger partial charge in [0.25, 0.3) is 0 Å². The van der Waals surface area contributed by atoms with Crippen LogP contribution in [0.15, 0.2) is 48.6 Å². The van der Waals surface area contributed by atoms with Gasteiger partial charge in [-0.05, 0) is 67.4 Å². The zero-order chi connectivity index (χ0) is 26.5. The minimum atomic E-state index is -1.65. The van der Waals surface area contributed by atoms with E-state index < -0.39 is 22.9 Å². The Labute approximate surface area is 216 Å². The molecule has 7 heteroatoms. The van der Waals surface area contributed by atoms with Crippen molar-refractivity contribution in [2.75, 3.05) is 0 Å². The molecule has 1 N–H and O–H groups in total. The molecule has 6 aliphatic rings. The number of carbonyl (C=O) groups excluding carboxylic acids is 4. The lowest BCUT2D eigenvalue weighted by Crippen LogP contribution is -2.58. The van der Waals surface area contributed by atoms with Crippen molar-refractivity contribution in [2.24, 2.45) is 40.4 Å². The van der Waals surface area contributed by atoms with Crippen molar-refractivity contribution in [2.45, 2.75) is 70.2 Å². The predicted molar refractivity (Wildman–Crippen MR) is 133 cm³/mol. The van der Waals surface area contributed by atoms with Gasteiger partial charge in [-0.1, -0.05) is 39.2 Å². The average Bonchev–Trinajstić information content (AvgIpc) is 3.27. The van der Waals surface area contributed by atoms with E-state index in [9.17, 15) is 24.3 Å². The second-order valence-electron chi connectivity index (χ2n) is 12.7. The van der Waals surface area contributed by atoms with Gasteiger partial charge >= 0.3 is 11.9 Å². The highest BCUT2D eigenvalue weighted by Gasteiger charge is 2.61. The highest BCUT2D eigenvalue weighted by atomic mass is 16.6. The van der Waals surface area contributed by atoms with Gasteiger partial charge in [-0.3, -0.25) is 9.59 Å². The van der Waals surface area contributed by atoms with Crippen molar-refractivity contribution < 1.29 is 33.8 Å². The highest BCUT2D eigenvalue weighted by molar-refractivity contribution is 5.99. The van der Waals surface area contributed by atoms with Crippen LogP contribution in [0.1, 0.15) is 52.4 Å². The summed E-state index contributed by atoms with van der Waals surface area (Å²) >= 11 is 0. The zero-order valence-corrected chi connectivity index (χ0v) is 21.4. The number of aliphatic hydroxyl groups is 1. The standard InChI is InChI=1S/C30H34O7/c1-15-18-11-20-17(21(31)6-8-28(20,3)13-22(18)36-26(15)33)5-10-30(35)24-12-19-16(2)27(34)37-23(19)14-29(24,4)9-7-25(30)32/h6-9,17-20,22-24,35H,1-2,5,10-14H2,3-4H3. The van der Waals surface area contributed by atoms with Crippen molar-refractivity contribution in [1.82, 2.24) is 0 Å². The average molecular weight is 507 g/mol. The quantitative estimate of drug-likeness (QED) is 0.462. The molecule has 2 aliphatic heterocycles. The van der Waals surface area contributed by atoms with Crippen LogP contribution in [0.4, 0.5) is 0 Å². The summed E-state index contributed by atoms with van der Waals surface area (Å²) in [5, 5.41) is 12.0. The monoisotopic (exact) mass is 506 g/mol. The van der Waals surface area contributed by atoms with Gasteiger partial charge in [-0.2, -0.15) is 0 Å². The molecule has 10 atom stereocenters. The van der Waals surface area contributed by atoms with E-state index in [4.69, 9.17) is 9.47 Å². The van der Waals surface area contributed by atoms with Gasteiger partial charge in [-0.25, -0.2) is 9.59 Å². The molecule has 0 aromatic heterocycles. The van der Waals surface area contributed by atoms with Gasteiger partial charge in [0.2, 0.25) is 0 Å². The number of ketones is 2. The molecule has 0 aromatic carbocycles. The third kappa shape index (κ3) is 3.42. The van der Waals surface area contributed by atoms with E-state index in [0.29, 0.717) is 43.3 Å². The lowest BCUT2D eigenvalue weighted by molar-refractivity contribution is -0.160. The fraction of sp³-hybridized carbons (Fsp3) is 0.600. The normalized spacial score (nSPS) is 48.2. The molecule has 37 heavy (non-hydrogen) atoms. The first-order valence-electron chi connectivity index (χ1n) is 13.3. The summed E-state index contributed by atoms with van der Waals surface area (Å²) in [5.74, 6) is -2.28. The molecule has 196 valence electrons. The fourth-order valence-corrected chi connectivity index (χ4v) is 8.46. The number of hydrogen-bond donors (Lipinski definition) is 1. The van der Waals surface area contributed by atoms with Crippen molar-refractivity contribution >= 4 is 23.5 Å². The molecule has 0 spiro atoms. The maximum absolute atomic E-state index is 13.3. The van der Waals surface area contributed by atoms with Crippen LogP contribution >= 0.6 is 0 Å². The molecule has 4 fully saturated rings. The molecular formula is C30H34O7. The van der Waals surface area contributed by atoms with Crippen molar-refractivity contribution in [3.05, 3.63) is 48.6 Å². The summed E-state index contributed by atoms with van der Waals surface area (Å²) in [4.78, 5) is 50.8. The maximum Gasteiger partial charge on any atom is 0.334 e. The van der Waals surface area contributed by atoms with Gasteiger partial charge in [0, 0.05) is 34.8 Å². The smallest absolute Gasteiger partial charge is 0.334 e. The first kappa shape index (κ1) is 24.5. The Bertz CT molecular complexity index is 1210. The fourth-order valence-electron chi connectivity index (χ4n) is 8.46. The highest BCUT2D eigenvalue weighted by Crippen LogP contribution is 2.58. The molecule has 4 aliphatic carbocycles. The Morgan fingerprint density at radius 2 is 1.46 bits per heavy atom. The van der Waals surface area contributed by atoms with Crippen LogP contribution in [0.2, 0.25) is 0 Å². The summed E-state index contributed by atoms with van der Waals surface area (Å²) in [6.07, 6.45) is 9.06. The molecule has 0 aromatic rings. The van der Waals surface area contributed by atoms with Crippen LogP contribution in [-0.4, -0.2) is 46.4 Å². The molecule has 7 nitrogen and oxygen atoms in total. The van der Waals surface area contributed by atoms with Gasteiger partial charge in [0.05, 0.1) is 0 Å². The van der Waals surface area contributed by atoms with E-state index in [1.807, 2.05) is 19.1 Å². The van der Waals surface area contributed by atoms with Crippen LogP contribution in [0.25, 0.3) is 0 Å². The van der Waals surface area contributed by atoms with E-state index in [-0.39, 0.29) is 65.3 Å². The minimum absolute atomic E-state index is 0.00573. The Morgan fingerprint density at radius 1 is 0.892 bits per heavy atom. The number of carbonyl (C=O) groups is 4. The number of rotatable bonds is 3. The summed E-state index contributed by atoms with van der Waals surface area (Å²) in [6, 6.07) is 0. The molecule has 2 saturated heterocycles. The van der Waals surface area contributed by atoms with E-state index in [2.05, 4.69) is 20.1 Å². The second-order valence-corrected chi connectivity index (χ2v) is 12.7. The summed E-state index contributed by atoms with van der Waals surface area (Å²) in [6.45, 7) is 12.0. The molecule has 0 amide bonds. The number of fused-ring (bicyclic) bond motifs is 4. The number of allylic oxidation sites excluding steroid dienone is 3. The predicted octanol–water partition coefficient (Wildman–Crippen LogP) is 3.42. The van der Waals surface area contributed by atoms with Crippen LogP contribution in [0.3, 0.4) is 0 Å². The third-order valence-corrected chi connectivity index (χ3v) is 10.7. The summed E-state index contributed by atoms with van der Waals surface area (Å²) < 4.78 is 11.1. The maximum atomic E-state index is 13.3. The number of hydrogen-bond acceptors (Lipinski definition) is 7. The molecular weight excluding hydrogens is 472 g/mol. The molecule has 2 heterocycles. The largest absolute Gasteiger partial charge is 0.458 e. The van der Waals surface area contributed by atoms with E-state index in [1.54, 1.807) is 6.08 Å². The topological polar surface area (TPSA) is 107 Å². The van der Waals surface area contributed by atoms with Crippen LogP contribution in [0.5, 0.6) is 0 Å². The van der Waals surface area contributed by atoms with Gasteiger partial charge < -0.3 is 14.6 Å². The number of esters is 2. The van der Waals surface area contributed by atoms with Crippen molar-refractivity contribution in [3.8, 4) is 0 Å². The Morgan fingerprint density at radius 3 is 2.11 bits per heavy atom. The Hall–Kier alpha value is -2.80. The first-order valence-corrected chi connectivity index (χ1v) is 13.3. The van der Waals surface area contributed by atoms with Crippen molar-refractivity contribution in [3.63, 3.8) is 0 Å². The Kier molecular flexibility index (Phi) is 5.21. The zero-order valence-electron chi connectivity index (χ0n) is 21.4. The van der Waals surface area contributed by atoms with Crippen LogP contribution < -0.4 is 0 Å². The molecule has 6 rings (SSSR count). The Balaban J connectivity index is 1.27. The number of ether oxygens (including phenoxy) is 2. The summed E-state index contributed by atoms with van der Waals surface area (Å²) in [7, 11) is 0. The molecule has 2 saturated carbocycles. The molecule has 10 unspecified atom stereocenters. The van der Waals surface area contributed by atoms with Gasteiger partial charge in [0.1, 0.15) is 17.8 Å². The molecule has 0 radical (unpaired) electrons. The SMILES string of the molecule is C=C1C(=O)OC2CC3(C)C=CC(=O)C(CCC4(O)C(=O)C=CC5(C)CC6OC(=O)C(=C)C6CC54)C3CC12. The summed E-state index contributed by atoms with van der Waals surface area (Å²) in [5.41, 5.74) is -1.61. The van der Waals surface area contributed by atoms with E-state index in [1.165, 1.54) is 6.08 Å². The van der Waals surface area contributed by atoms with Crippen molar-refractivity contribution in [1.29, 1.82) is 0 Å². The van der Waals surface area contributed by atoms with E-state index in [0.717, 1.165) is 0 Å². The lowest BCUT2D eigenvalue weighted by Gasteiger charge is -2.53.